The summed E-state index contributed by atoms with van der Waals surface area (Å²) in [5, 5.41) is 0. The van der Waals surface area contributed by atoms with Crippen LogP contribution >= 0.6 is 0 Å². The molecule has 0 aliphatic rings. The van der Waals surface area contributed by atoms with Crippen molar-refractivity contribution >= 4 is 31.4 Å². The Morgan fingerprint density at radius 2 is 1.00 bits per heavy atom. The van der Waals surface area contributed by atoms with Gasteiger partial charge in [0.05, 0.1) is 23.9 Å². The zero-order valence-electron chi connectivity index (χ0n) is 13.9. The normalized spacial score (nSPS) is 12.0. The van der Waals surface area contributed by atoms with E-state index in [0.717, 1.165) is 23.6 Å². The maximum Gasteiger partial charge on any atom is 0.229 e. The zero-order valence-corrected chi connectivity index (χ0v) is 15.5. The summed E-state index contributed by atoms with van der Waals surface area (Å²) in [6, 6.07) is 10.5. The Labute approximate surface area is 143 Å². The second-order valence-corrected chi connectivity index (χ2v) is 9.24. The molecule has 2 aromatic rings. The lowest BCUT2D eigenvalue weighted by Gasteiger charge is -2.19. The first kappa shape index (κ1) is 18.3. The number of benzene rings is 2. The smallest absolute Gasteiger partial charge is 0.229 e. The van der Waals surface area contributed by atoms with Gasteiger partial charge in [-0.05, 0) is 37.1 Å². The van der Waals surface area contributed by atoms with Crippen LogP contribution in [0.15, 0.2) is 36.4 Å². The van der Waals surface area contributed by atoms with Crippen LogP contribution in [-0.4, -0.2) is 29.3 Å². The second kappa shape index (κ2) is 6.45. The van der Waals surface area contributed by atoms with Crippen molar-refractivity contribution in [3.8, 4) is 11.1 Å². The molecule has 0 unspecified atom stereocenters. The molecule has 0 aromatic heterocycles. The topological polar surface area (TPSA) is 92.3 Å². The molecule has 6 nitrogen and oxygen atoms in total. The first-order valence-corrected chi connectivity index (χ1v) is 10.9. The first-order valence-electron chi connectivity index (χ1n) is 7.13. The third-order valence-electron chi connectivity index (χ3n) is 3.39. The van der Waals surface area contributed by atoms with E-state index in [4.69, 9.17) is 0 Å². The molecule has 0 fully saturated rings. The van der Waals surface area contributed by atoms with Crippen LogP contribution < -0.4 is 9.44 Å². The SMILES string of the molecule is Cc1cccc(NS(C)(=O)=O)c1-c1c(C)cccc1NS(C)(=O)=O. The Hall–Kier alpha value is -2.06. The van der Waals surface area contributed by atoms with Crippen molar-refractivity contribution in [2.45, 2.75) is 13.8 Å². The molecular formula is C16H20N2O4S2. The largest absolute Gasteiger partial charge is 0.283 e. The van der Waals surface area contributed by atoms with Crippen molar-refractivity contribution < 1.29 is 16.8 Å². The number of hydrogen-bond acceptors (Lipinski definition) is 4. The van der Waals surface area contributed by atoms with Gasteiger partial charge in [-0.15, -0.1) is 0 Å². The minimum Gasteiger partial charge on any atom is -0.283 e. The lowest BCUT2D eigenvalue weighted by atomic mass is 9.94. The molecule has 2 aromatic carbocycles. The van der Waals surface area contributed by atoms with Gasteiger partial charge in [0.2, 0.25) is 20.0 Å². The molecule has 24 heavy (non-hydrogen) atoms. The Morgan fingerprint density at radius 1 is 0.667 bits per heavy atom. The minimum atomic E-state index is -3.47. The summed E-state index contributed by atoms with van der Waals surface area (Å²) < 4.78 is 51.7. The molecule has 0 radical (unpaired) electrons. The molecule has 0 saturated heterocycles. The highest BCUT2D eigenvalue weighted by Crippen LogP contribution is 2.39. The van der Waals surface area contributed by atoms with Crippen molar-refractivity contribution in [2.24, 2.45) is 0 Å². The van der Waals surface area contributed by atoms with Crippen LogP contribution in [0.2, 0.25) is 0 Å². The van der Waals surface area contributed by atoms with E-state index in [2.05, 4.69) is 9.44 Å². The maximum atomic E-state index is 11.7. The highest BCUT2D eigenvalue weighted by atomic mass is 32.2. The number of aryl methyl sites for hydroxylation is 2. The molecule has 130 valence electrons. The summed E-state index contributed by atoms with van der Waals surface area (Å²) in [5.74, 6) is 0. The number of nitrogens with one attached hydrogen (secondary N) is 2. The summed E-state index contributed by atoms with van der Waals surface area (Å²) in [4.78, 5) is 0. The van der Waals surface area contributed by atoms with Crippen LogP contribution in [0.4, 0.5) is 11.4 Å². The lowest BCUT2D eigenvalue weighted by Crippen LogP contribution is -2.13. The molecule has 2 rings (SSSR count). The lowest BCUT2D eigenvalue weighted by molar-refractivity contribution is 0.605. The maximum absolute atomic E-state index is 11.7. The first-order chi connectivity index (χ1) is 11.0. The van der Waals surface area contributed by atoms with Crippen molar-refractivity contribution in [3.05, 3.63) is 47.5 Å². The summed E-state index contributed by atoms with van der Waals surface area (Å²) in [5.41, 5.74) is 3.76. The number of hydrogen-bond donors (Lipinski definition) is 2. The van der Waals surface area contributed by atoms with Gasteiger partial charge in [0.15, 0.2) is 0 Å². The highest BCUT2D eigenvalue weighted by molar-refractivity contribution is 7.92. The molecule has 0 saturated carbocycles. The van der Waals surface area contributed by atoms with Crippen LogP contribution in [0.5, 0.6) is 0 Å². The van der Waals surface area contributed by atoms with E-state index in [9.17, 15) is 16.8 Å². The Kier molecular flexibility index (Phi) is 4.91. The molecule has 0 aliphatic carbocycles. The molecule has 0 amide bonds. The van der Waals surface area contributed by atoms with E-state index < -0.39 is 20.0 Å². The zero-order chi connectivity index (χ0) is 18.1. The monoisotopic (exact) mass is 368 g/mol. The molecule has 0 atom stereocenters. The van der Waals surface area contributed by atoms with Gasteiger partial charge in [0.1, 0.15) is 0 Å². The van der Waals surface area contributed by atoms with Gasteiger partial charge >= 0.3 is 0 Å². The van der Waals surface area contributed by atoms with Crippen LogP contribution in [0.3, 0.4) is 0 Å². The Bertz CT molecular complexity index is 900. The number of sulfonamides is 2. The minimum absolute atomic E-state index is 0.406. The van der Waals surface area contributed by atoms with Gasteiger partial charge in [-0.2, -0.15) is 0 Å². The van der Waals surface area contributed by atoms with Gasteiger partial charge in [0.25, 0.3) is 0 Å². The fraction of sp³-hybridized carbons (Fsp3) is 0.250. The van der Waals surface area contributed by atoms with Crippen molar-refractivity contribution in [1.82, 2.24) is 0 Å². The quantitative estimate of drug-likeness (QED) is 0.849. The molecule has 0 bridgehead atoms. The predicted molar refractivity (Wildman–Crippen MR) is 98.3 cm³/mol. The summed E-state index contributed by atoms with van der Waals surface area (Å²) >= 11 is 0. The van der Waals surface area contributed by atoms with E-state index in [-0.39, 0.29) is 0 Å². The third-order valence-corrected chi connectivity index (χ3v) is 4.57. The fourth-order valence-corrected chi connectivity index (χ4v) is 3.71. The van der Waals surface area contributed by atoms with Crippen LogP contribution in [-0.2, 0) is 20.0 Å². The van der Waals surface area contributed by atoms with Gasteiger partial charge in [-0.1, -0.05) is 24.3 Å². The van der Waals surface area contributed by atoms with E-state index in [1.54, 1.807) is 24.3 Å². The van der Waals surface area contributed by atoms with E-state index in [1.165, 1.54) is 0 Å². The fourth-order valence-electron chi connectivity index (χ4n) is 2.57. The van der Waals surface area contributed by atoms with Gasteiger partial charge < -0.3 is 0 Å². The second-order valence-electron chi connectivity index (χ2n) is 5.74. The molecule has 0 aliphatic heterocycles. The van der Waals surface area contributed by atoms with Crippen molar-refractivity contribution in [2.75, 3.05) is 22.0 Å². The average Bonchev–Trinajstić information content (AvgIpc) is 2.37. The molecular weight excluding hydrogens is 348 g/mol. The molecule has 8 heteroatoms. The van der Waals surface area contributed by atoms with Gasteiger partial charge in [-0.3, -0.25) is 9.44 Å². The number of rotatable bonds is 5. The van der Waals surface area contributed by atoms with E-state index in [0.29, 0.717) is 22.5 Å². The van der Waals surface area contributed by atoms with Gasteiger partial charge in [-0.25, -0.2) is 16.8 Å². The summed E-state index contributed by atoms with van der Waals surface area (Å²) in [7, 11) is -6.95. The van der Waals surface area contributed by atoms with Crippen LogP contribution in [0, 0.1) is 13.8 Å². The van der Waals surface area contributed by atoms with Crippen LogP contribution in [0.25, 0.3) is 11.1 Å². The van der Waals surface area contributed by atoms with E-state index >= 15 is 0 Å². The summed E-state index contributed by atoms with van der Waals surface area (Å²) in [6.45, 7) is 3.69. The van der Waals surface area contributed by atoms with E-state index in [1.807, 2.05) is 26.0 Å². The van der Waals surface area contributed by atoms with Crippen molar-refractivity contribution in [1.29, 1.82) is 0 Å². The molecule has 2 N–H and O–H groups in total. The average molecular weight is 368 g/mol. The standard InChI is InChI=1S/C16H20N2O4S2/c1-11-7-5-9-13(17-23(3,19)20)15(11)16-12(2)8-6-10-14(16)18-24(4,21)22/h5-10,17-18H,1-4H3. The highest BCUT2D eigenvalue weighted by Gasteiger charge is 2.18. The Morgan fingerprint density at radius 3 is 1.29 bits per heavy atom. The van der Waals surface area contributed by atoms with Crippen LogP contribution in [0.1, 0.15) is 11.1 Å². The number of anilines is 2. The Balaban J connectivity index is 2.77. The summed E-state index contributed by atoms with van der Waals surface area (Å²) in [6.07, 6.45) is 2.15. The third kappa shape index (κ3) is 4.48. The van der Waals surface area contributed by atoms with Gasteiger partial charge in [0, 0.05) is 11.1 Å². The molecule has 0 heterocycles. The van der Waals surface area contributed by atoms with Crippen molar-refractivity contribution in [3.63, 3.8) is 0 Å². The predicted octanol–water partition coefficient (Wildman–Crippen LogP) is 2.71. The molecule has 0 spiro atoms.